The van der Waals surface area contributed by atoms with E-state index < -0.39 is 0 Å². The minimum atomic E-state index is 0.204. The van der Waals surface area contributed by atoms with E-state index in [2.05, 4.69) is 24.3 Å². The molecule has 2 aliphatic rings. The maximum Gasteiger partial charge on any atom is 0.0721 e. The summed E-state index contributed by atoms with van der Waals surface area (Å²) < 4.78 is 6.02. The molecule has 0 saturated heterocycles. The van der Waals surface area contributed by atoms with E-state index >= 15 is 0 Å². The van der Waals surface area contributed by atoms with Gasteiger partial charge in [0, 0.05) is 18.4 Å². The van der Waals surface area contributed by atoms with Crippen molar-refractivity contribution >= 4 is 0 Å². The molecule has 1 aromatic rings. The SMILES string of the molecule is OC[C@H]1[C@H](OCc2ccccc2)[C@H]2C=C[C@@H]1C2. The first-order valence-electron chi connectivity index (χ1n) is 6.33. The average molecular weight is 230 g/mol. The van der Waals surface area contributed by atoms with E-state index in [1.54, 1.807) is 0 Å². The summed E-state index contributed by atoms with van der Waals surface area (Å²) in [7, 11) is 0. The molecule has 2 heteroatoms. The van der Waals surface area contributed by atoms with Crippen molar-refractivity contribution in [3.8, 4) is 0 Å². The van der Waals surface area contributed by atoms with Gasteiger partial charge in [-0.15, -0.1) is 0 Å². The lowest BCUT2D eigenvalue weighted by Crippen LogP contribution is -2.30. The Kier molecular flexibility index (Phi) is 3.00. The molecule has 2 bridgehead atoms. The Balaban J connectivity index is 1.64. The second kappa shape index (κ2) is 4.63. The number of hydrogen-bond donors (Lipinski definition) is 1. The predicted molar refractivity (Wildman–Crippen MR) is 66.3 cm³/mol. The van der Waals surface area contributed by atoms with Crippen LogP contribution in [0, 0.1) is 17.8 Å². The molecule has 0 heterocycles. The van der Waals surface area contributed by atoms with Crippen LogP contribution in [0.25, 0.3) is 0 Å². The van der Waals surface area contributed by atoms with Gasteiger partial charge < -0.3 is 9.84 Å². The summed E-state index contributed by atoms with van der Waals surface area (Å²) in [5, 5.41) is 9.44. The zero-order chi connectivity index (χ0) is 11.7. The van der Waals surface area contributed by atoms with E-state index in [1.807, 2.05) is 18.2 Å². The number of rotatable bonds is 4. The van der Waals surface area contributed by atoms with E-state index in [1.165, 1.54) is 5.56 Å². The second-order valence-corrected chi connectivity index (χ2v) is 5.06. The van der Waals surface area contributed by atoms with Crippen LogP contribution in [0.5, 0.6) is 0 Å². The molecule has 0 unspecified atom stereocenters. The molecule has 0 amide bonds. The van der Waals surface area contributed by atoms with Gasteiger partial charge >= 0.3 is 0 Å². The van der Waals surface area contributed by atoms with Gasteiger partial charge in [0.05, 0.1) is 12.7 Å². The monoisotopic (exact) mass is 230 g/mol. The number of allylic oxidation sites excluding steroid dienone is 1. The molecular formula is C15H18O2. The van der Waals surface area contributed by atoms with Gasteiger partial charge in [0.1, 0.15) is 0 Å². The molecular weight excluding hydrogens is 212 g/mol. The molecule has 17 heavy (non-hydrogen) atoms. The highest BCUT2D eigenvalue weighted by Crippen LogP contribution is 2.45. The quantitative estimate of drug-likeness (QED) is 0.805. The Morgan fingerprint density at radius 1 is 1.12 bits per heavy atom. The zero-order valence-electron chi connectivity index (χ0n) is 9.83. The van der Waals surface area contributed by atoms with Crippen molar-refractivity contribution < 1.29 is 9.84 Å². The minimum absolute atomic E-state index is 0.204. The van der Waals surface area contributed by atoms with Gasteiger partial charge in [0.15, 0.2) is 0 Å². The highest BCUT2D eigenvalue weighted by atomic mass is 16.5. The van der Waals surface area contributed by atoms with E-state index in [-0.39, 0.29) is 12.7 Å². The van der Waals surface area contributed by atoms with Crippen molar-refractivity contribution in [1.29, 1.82) is 0 Å². The number of benzene rings is 1. The maximum absolute atomic E-state index is 9.44. The largest absolute Gasteiger partial charge is 0.396 e. The van der Waals surface area contributed by atoms with Gasteiger partial charge in [-0.1, -0.05) is 42.5 Å². The van der Waals surface area contributed by atoms with Gasteiger partial charge in [-0.3, -0.25) is 0 Å². The van der Waals surface area contributed by atoms with Gasteiger partial charge in [0.2, 0.25) is 0 Å². The van der Waals surface area contributed by atoms with Crippen molar-refractivity contribution in [2.24, 2.45) is 17.8 Å². The molecule has 4 atom stereocenters. The lowest BCUT2D eigenvalue weighted by atomic mass is 9.92. The van der Waals surface area contributed by atoms with Crippen molar-refractivity contribution in [1.82, 2.24) is 0 Å². The normalized spacial score (nSPS) is 34.4. The highest BCUT2D eigenvalue weighted by Gasteiger charge is 2.44. The third-order valence-electron chi connectivity index (χ3n) is 4.04. The van der Waals surface area contributed by atoms with E-state index in [0.29, 0.717) is 24.4 Å². The van der Waals surface area contributed by atoms with Crippen LogP contribution in [0.1, 0.15) is 12.0 Å². The standard InChI is InChI=1S/C15H18O2/c16-9-14-12-6-7-13(8-12)15(14)17-10-11-4-2-1-3-5-11/h1-7,12-16H,8-10H2/t12-,13+,14-,15-/m1/s1. The second-order valence-electron chi connectivity index (χ2n) is 5.06. The van der Waals surface area contributed by atoms with Gasteiger partial charge in [-0.05, 0) is 17.9 Å². The molecule has 0 aromatic heterocycles. The smallest absolute Gasteiger partial charge is 0.0721 e. The Bertz CT molecular complexity index is 399. The molecule has 90 valence electrons. The molecule has 1 saturated carbocycles. The molecule has 0 aliphatic heterocycles. The number of ether oxygens (including phenoxy) is 1. The molecule has 1 fully saturated rings. The van der Waals surface area contributed by atoms with Crippen LogP contribution in [0.2, 0.25) is 0 Å². The van der Waals surface area contributed by atoms with Crippen molar-refractivity contribution in [3.05, 3.63) is 48.0 Å². The van der Waals surface area contributed by atoms with Crippen LogP contribution in [-0.4, -0.2) is 17.8 Å². The maximum atomic E-state index is 9.44. The van der Waals surface area contributed by atoms with Gasteiger partial charge in [0.25, 0.3) is 0 Å². The Morgan fingerprint density at radius 2 is 1.88 bits per heavy atom. The van der Waals surface area contributed by atoms with Crippen LogP contribution in [0.4, 0.5) is 0 Å². The molecule has 2 nitrogen and oxygen atoms in total. The Labute approximate surface area is 102 Å². The fourth-order valence-electron chi connectivity index (χ4n) is 3.13. The van der Waals surface area contributed by atoms with Crippen LogP contribution in [-0.2, 0) is 11.3 Å². The summed E-state index contributed by atoms with van der Waals surface area (Å²) in [4.78, 5) is 0. The number of aliphatic hydroxyl groups is 1. The number of fused-ring (bicyclic) bond motifs is 2. The van der Waals surface area contributed by atoms with E-state index in [4.69, 9.17) is 4.74 Å². The van der Waals surface area contributed by atoms with Crippen LogP contribution < -0.4 is 0 Å². The average Bonchev–Trinajstić information content (AvgIpc) is 2.97. The van der Waals surface area contributed by atoms with E-state index in [9.17, 15) is 5.11 Å². The third kappa shape index (κ3) is 2.03. The molecule has 0 spiro atoms. The summed E-state index contributed by atoms with van der Waals surface area (Å²) >= 11 is 0. The first kappa shape index (κ1) is 11.0. The molecule has 3 rings (SSSR count). The van der Waals surface area contributed by atoms with Crippen LogP contribution in [0.3, 0.4) is 0 Å². The molecule has 0 radical (unpaired) electrons. The fraction of sp³-hybridized carbons (Fsp3) is 0.467. The Morgan fingerprint density at radius 3 is 2.65 bits per heavy atom. The summed E-state index contributed by atoms with van der Waals surface area (Å²) in [6.45, 7) is 0.893. The summed E-state index contributed by atoms with van der Waals surface area (Å²) in [6, 6.07) is 10.2. The van der Waals surface area contributed by atoms with Crippen molar-refractivity contribution in [2.45, 2.75) is 19.1 Å². The zero-order valence-corrected chi connectivity index (χ0v) is 9.83. The van der Waals surface area contributed by atoms with E-state index in [0.717, 1.165) is 6.42 Å². The minimum Gasteiger partial charge on any atom is -0.396 e. The fourth-order valence-corrected chi connectivity index (χ4v) is 3.13. The topological polar surface area (TPSA) is 29.5 Å². The van der Waals surface area contributed by atoms with Crippen molar-refractivity contribution in [2.75, 3.05) is 6.61 Å². The molecule has 1 N–H and O–H groups in total. The van der Waals surface area contributed by atoms with Crippen LogP contribution >= 0.6 is 0 Å². The molecule has 1 aromatic carbocycles. The third-order valence-corrected chi connectivity index (χ3v) is 4.04. The molecule has 2 aliphatic carbocycles. The summed E-state index contributed by atoms with van der Waals surface area (Å²) in [5.74, 6) is 1.35. The first-order chi connectivity index (χ1) is 8.38. The summed E-state index contributed by atoms with van der Waals surface area (Å²) in [5.41, 5.74) is 1.20. The van der Waals surface area contributed by atoms with Gasteiger partial charge in [-0.25, -0.2) is 0 Å². The Hall–Kier alpha value is -1.12. The lowest BCUT2D eigenvalue weighted by molar-refractivity contribution is -0.0228. The number of hydrogen-bond acceptors (Lipinski definition) is 2. The van der Waals surface area contributed by atoms with Crippen LogP contribution in [0.15, 0.2) is 42.5 Å². The van der Waals surface area contributed by atoms with Gasteiger partial charge in [-0.2, -0.15) is 0 Å². The highest BCUT2D eigenvalue weighted by molar-refractivity contribution is 5.16. The first-order valence-corrected chi connectivity index (χ1v) is 6.33. The summed E-state index contributed by atoms with van der Waals surface area (Å²) in [6.07, 6.45) is 5.86. The predicted octanol–water partition coefficient (Wildman–Crippen LogP) is 2.39. The lowest BCUT2D eigenvalue weighted by Gasteiger charge is -2.26. The number of aliphatic hydroxyl groups excluding tert-OH is 1. The van der Waals surface area contributed by atoms with Crippen molar-refractivity contribution in [3.63, 3.8) is 0 Å².